The maximum absolute atomic E-state index is 11.0. The first kappa shape index (κ1) is 12.9. The summed E-state index contributed by atoms with van der Waals surface area (Å²) in [6, 6.07) is 1.85. The van der Waals surface area contributed by atoms with Gasteiger partial charge in [-0.25, -0.2) is 0 Å². The van der Waals surface area contributed by atoms with E-state index >= 15 is 0 Å². The highest BCUT2D eigenvalue weighted by Gasteiger charge is 2.09. The van der Waals surface area contributed by atoms with Crippen LogP contribution in [-0.2, 0) is 14.3 Å². The molecule has 0 spiro atoms. The van der Waals surface area contributed by atoms with Gasteiger partial charge in [0.15, 0.2) is 0 Å². The Kier molecular flexibility index (Phi) is 7.80. The van der Waals surface area contributed by atoms with Gasteiger partial charge in [-0.2, -0.15) is 5.26 Å². The molecule has 0 heterocycles. The fourth-order valence-corrected chi connectivity index (χ4v) is 0.702. The van der Waals surface area contributed by atoms with Crippen molar-refractivity contribution in [3.05, 3.63) is 0 Å². The standard InChI is InChI=1S/C9H16N2O3/c1-8(7-10)9(12)11-3-4-14-6-5-13-2/h8H,3-6H2,1-2H3,(H,11,12). The van der Waals surface area contributed by atoms with Gasteiger partial charge in [-0.3, -0.25) is 4.79 Å². The van der Waals surface area contributed by atoms with Crippen molar-refractivity contribution in [3.8, 4) is 6.07 Å². The number of nitriles is 1. The summed E-state index contributed by atoms with van der Waals surface area (Å²) >= 11 is 0. The van der Waals surface area contributed by atoms with Crippen LogP contribution in [0.1, 0.15) is 6.92 Å². The Hall–Kier alpha value is -1.12. The Morgan fingerprint density at radius 2 is 2.21 bits per heavy atom. The minimum absolute atomic E-state index is 0.261. The van der Waals surface area contributed by atoms with Crippen LogP contribution in [0.4, 0.5) is 0 Å². The molecule has 1 N–H and O–H groups in total. The smallest absolute Gasteiger partial charge is 0.237 e. The van der Waals surface area contributed by atoms with Crippen molar-refractivity contribution >= 4 is 5.91 Å². The lowest BCUT2D eigenvalue weighted by Gasteiger charge is -2.06. The number of ether oxygens (including phenoxy) is 2. The Morgan fingerprint density at radius 3 is 2.79 bits per heavy atom. The van der Waals surface area contributed by atoms with Crippen molar-refractivity contribution in [3.63, 3.8) is 0 Å². The summed E-state index contributed by atoms with van der Waals surface area (Å²) in [6.07, 6.45) is 0. The molecule has 14 heavy (non-hydrogen) atoms. The summed E-state index contributed by atoms with van der Waals surface area (Å²) in [5, 5.41) is 11.0. The molecule has 0 fully saturated rings. The monoisotopic (exact) mass is 200 g/mol. The van der Waals surface area contributed by atoms with Crippen molar-refractivity contribution in [2.75, 3.05) is 33.5 Å². The van der Waals surface area contributed by atoms with Gasteiger partial charge in [0.05, 0.1) is 25.9 Å². The summed E-state index contributed by atoms with van der Waals surface area (Å²) in [6.45, 7) is 3.48. The third-order valence-corrected chi connectivity index (χ3v) is 1.56. The normalized spacial score (nSPS) is 11.8. The van der Waals surface area contributed by atoms with E-state index in [0.717, 1.165) is 0 Å². The molecule has 5 nitrogen and oxygen atoms in total. The van der Waals surface area contributed by atoms with Crippen LogP contribution in [0.3, 0.4) is 0 Å². The first-order valence-electron chi connectivity index (χ1n) is 4.46. The van der Waals surface area contributed by atoms with Crippen LogP contribution in [0.2, 0.25) is 0 Å². The summed E-state index contributed by atoms with van der Waals surface area (Å²) in [7, 11) is 1.60. The molecule has 1 amide bonds. The molecule has 1 atom stereocenters. The van der Waals surface area contributed by atoms with Gasteiger partial charge in [0.25, 0.3) is 0 Å². The zero-order valence-corrected chi connectivity index (χ0v) is 8.58. The highest BCUT2D eigenvalue weighted by molar-refractivity contribution is 5.80. The molecule has 0 aromatic heterocycles. The molecule has 0 aromatic rings. The van der Waals surface area contributed by atoms with E-state index < -0.39 is 5.92 Å². The lowest BCUT2D eigenvalue weighted by molar-refractivity contribution is -0.123. The molecule has 0 radical (unpaired) electrons. The van der Waals surface area contributed by atoms with E-state index in [1.807, 2.05) is 6.07 Å². The van der Waals surface area contributed by atoms with Crippen LogP contribution >= 0.6 is 0 Å². The molecule has 1 unspecified atom stereocenters. The van der Waals surface area contributed by atoms with Gasteiger partial charge in [-0.15, -0.1) is 0 Å². The number of methoxy groups -OCH3 is 1. The van der Waals surface area contributed by atoms with E-state index in [-0.39, 0.29) is 5.91 Å². The van der Waals surface area contributed by atoms with E-state index in [0.29, 0.717) is 26.4 Å². The van der Waals surface area contributed by atoms with Crippen molar-refractivity contribution in [1.29, 1.82) is 5.26 Å². The van der Waals surface area contributed by atoms with Crippen molar-refractivity contribution in [2.45, 2.75) is 6.92 Å². The second-order valence-electron chi connectivity index (χ2n) is 2.75. The number of amides is 1. The number of nitrogens with one attached hydrogen (secondary N) is 1. The first-order valence-corrected chi connectivity index (χ1v) is 4.46. The number of hydrogen-bond donors (Lipinski definition) is 1. The molecular formula is C9H16N2O3. The van der Waals surface area contributed by atoms with E-state index in [4.69, 9.17) is 14.7 Å². The van der Waals surface area contributed by atoms with Crippen LogP contribution < -0.4 is 5.32 Å². The van der Waals surface area contributed by atoms with Gasteiger partial charge in [0.2, 0.25) is 5.91 Å². The largest absolute Gasteiger partial charge is 0.382 e. The predicted octanol–water partition coefficient (Wildman–Crippen LogP) is -0.0747. The average Bonchev–Trinajstić information content (AvgIpc) is 2.21. The molecule has 0 saturated heterocycles. The molecule has 0 saturated carbocycles. The summed E-state index contributed by atoms with van der Waals surface area (Å²) < 4.78 is 9.88. The minimum atomic E-state index is -0.603. The van der Waals surface area contributed by atoms with Gasteiger partial charge in [-0.1, -0.05) is 0 Å². The van der Waals surface area contributed by atoms with Crippen LogP contribution in [0.15, 0.2) is 0 Å². The van der Waals surface area contributed by atoms with Crippen LogP contribution in [-0.4, -0.2) is 39.4 Å². The maximum atomic E-state index is 11.0. The van der Waals surface area contributed by atoms with Gasteiger partial charge in [-0.05, 0) is 6.92 Å². The zero-order valence-electron chi connectivity index (χ0n) is 8.58. The van der Waals surface area contributed by atoms with Crippen molar-refractivity contribution < 1.29 is 14.3 Å². The summed E-state index contributed by atoms with van der Waals surface area (Å²) in [5.41, 5.74) is 0. The van der Waals surface area contributed by atoms with Gasteiger partial charge >= 0.3 is 0 Å². The molecule has 5 heteroatoms. The minimum Gasteiger partial charge on any atom is -0.382 e. The van der Waals surface area contributed by atoms with Crippen LogP contribution in [0.25, 0.3) is 0 Å². The fraction of sp³-hybridized carbons (Fsp3) is 0.778. The number of rotatable bonds is 7. The Labute approximate surface area is 84.0 Å². The molecule has 0 aliphatic rings. The number of carbonyl (C=O) groups is 1. The van der Waals surface area contributed by atoms with Crippen molar-refractivity contribution in [1.82, 2.24) is 5.32 Å². The molecular weight excluding hydrogens is 184 g/mol. The molecule has 0 aliphatic heterocycles. The second-order valence-corrected chi connectivity index (χ2v) is 2.75. The molecule has 0 bridgehead atoms. The number of nitrogens with zero attached hydrogens (tertiary/aromatic N) is 1. The molecule has 80 valence electrons. The van der Waals surface area contributed by atoms with E-state index in [2.05, 4.69) is 5.32 Å². The summed E-state index contributed by atoms with van der Waals surface area (Å²) in [5.74, 6) is -0.864. The predicted molar refractivity (Wildman–Crippen MR) is 50.5 cm³/mol. The third-order valence-electron chi connectivity index (χ3n) is 1.56. The van der Waals surface area contributed by atoms with E-state index in [1.165, 1.54) is 0 Å². The molecule has 0 aliphatic carbocycles. The second kappa shape index (κ2) is 8.48. The SMILES string of the molecule is COCCOCCNC(=O)C(C)C#N. The fourth-order valence-electron chi connectivity index (χ4n) is 0.702. The Bertz CT molecular complexity index is 201. The van der Waals surface area contributed by atoms with E-state index in [1.54, 1.807) is 14.0 Å². The van der Waals surface area contributed by atoms with Crippen LogP contribution in [0.5, 0.6) is 0 Å². The third kappa shape index (κ3) is 6.40. The quantitative estimate of drug-likeness (QED) is 0.584. The lowest BCUT2D eigenvalue weighted by atomic mass is 10.2. The average molecular weight is 200 g/mol. The van der Waals surface area contributed by atoms with Crippen LogP contribution in [0, 0.1) is 17.2 Å². The topological polar surface area (TPSA) is 71.3 Å². The zero-order chi connectivity index (χ0) is 10.8. The van der Waals surface area contributed by atoms with Gasteiger partial charge < -0.3 is 14.8 Å². The molecule has 0 aromatic carbocycles. The van der Waals surface area contributed by atoms with E-state index in [9.17, 15) is 4.79 Å². The Morgan fingerprint density at radius 1 is 1.50 bits per heavy atom. The first-order chi connectivity index (χ1) is 6.72. The lowest BCUT2D eigenvalue weighted by Crippen LogP contribution is -2.31. The highest BCUT2D eigenvalue weighted by atomic mass is 16.5. The Balaban J connectivity index is 3.28. The van der Waals surface area contributed by atoms with Crippen molar-refractivity contribution in [2.24, 2.45) is 5.92 Å². The number of carbonyl (C=O) groups excluding carboxylic acids is 1. The molecule has 0 rings (SSSR count). The van der Waals surface area contributed by atoms with Gasteiger partial charge in [0, 0.05) is 13.7 Å². The summed E-state index contributed by atoms with van der Waals surface area (Å²) in [4.78, 5) is 11.0. The van der Waals surface area contributed by atoms with Gasteiger partial charge in [0.1, 0.15) is 5.92 Å². The number of hydrogen-bond acceptors (Lipinski definition) is 4. The maximum Gasteiger partial charge on any atom is 0.237 e. The highest BCUT2D eigenvalue weighted by Crippen LogP contribution is 1.89.